The fourth-order valence-corrected chi connectivity index (χ4v) is 3.47. The summed E-state index contributed by atoms with van der Waals surface area (Å²) in [7, 11) is 3.72. The Bertz CT molecular complexity index is 839. The lowest BCUT2D eigenvalue weighted by molar-refractivity contribution is 0.0796. The van der Waals surface area contributed by atoms with Gasteiger partial charge in [-0.2, -0.15) is 0 Å². The molecule has 0 saturated heterocycles. The number of hydrogen-bond donors (Lipinski definition) is 2. The van der Waals surface area contributed by atoms with Gasteiger partial charge in [0.05, 0.1) is 11.0 Å². The number of H-pyrrole nitrogens is 1. The number of fused-ring (bicyclic) bond motifs is 1. The van der Waals surface area contributed by atoms with Crippen molar-refractivity contribution < 1.29 is 4.79 Å². The van der Waals surface area contributed by atoms with Crippen LogP contribution in [0.25, 0.3) is 11.0 Å². The van der Waals surface area contributed by atoms with Gasteiger partial charge in [-0.25, -0.2) is 4.98 Å². The molecule has 0 saturated carbocycles. The van der Waals surface area contributed by atoms with Gasteiger partial charge >= 0.3 is 0 Å². The molecule has 0 radical (unpaired) electrons. The monoisotopic (exact) mass is 426 g/mol. The molecule has 2 aromatic carbocycles. The van der Waals surface area contributed by atoms with Gasteiger partial charge in [-0.3, -0.25) is 4.79 Å². The zero-order chi connectivity index (χ0) is 17.6. The second-order valence-corrected chi connectivity index (χ2v) is 6.80. The number of halogens is 2. The van der Waals surface area contributed by atoms with Gasteiger partial charge in [0.15, 0.2) is 5.16 Å². The highest BCUT2D eigenvalue weighted by Gasteiger charge is 2.15. The molecule has 3 aromatic rings. The third kappa shape index (κ3) is 5.87. The lowest BCUT2D eigenvalue weighted by atomic mass is 10.1. The predicted octanol–water partition coefficient (Wildman–Crippen LogP) is 3.99. The first-order chi connectivity index (χ1) is 12.2. The van der Waals surface area contributed by atoms with Crippen molar-refractivity contribution in [3.63, 3.8) is 0 Å². The Balaban J connectivity index is 0.00000182. The number of nitrogens with zero attached hydrogens (tertiary/aromatic N) is 2. The highest BCUT2D eigenvalue weighted by Crippen LogP contribution is 2.25. The number of likely N-dealkylation sites (N-methyl/N-ethyl adjacent to an activating group) is 2. The van der Waals surface area contributed by atoms with Crippen LogP contribution < -0.4 is 5.32 Å². The number of benzene rings is 2. The van der Waals surface area contributed by atoms with E-state index in [1.165, 1.54) is 0 Å². The standard InChI is InChI=1S/C19H22N4OS.2ClH/c1-20-11-12-23(2)18(24)15-8-4-3-7-14(15)13-25-19-21-16-9-5-6-10-17(16)22-19;;/h3-10,20H,11-13H2,1-2H3,(H,21,22);2*1H. The van der Waals surface area contributed by atoms with Crippen molar-refractivity contribution in [1.29, 1.82) is 0 Å². The quantitative estimate of drug-likeness (QED) is 0.560. The van der Waals surface area contributed by atoms with Gasteiger partial charge in [-0.1, -0.05) is 42.1 Å². The number of carbonyl (C=O) groups is 1. The molecule has 0 aliphatic heterocycles. The molecule has 146 valence electrons. The molecule has 8 heteroatoms. The summed E-state index contributed by atoms with van der Waals surface area (Å²) >= 11 is 1.61. The van der Waals surface area contributed by atoms with Crippen LogP contribution in [-0.4, -0.2) is 48.0 Å². The highest BCUT2D eigenvalue weighted by atomic mass is 35.5. The van der Waals surface area contributed by atoms with Gasteiger partial charge in [0.2, 0.25) is 0 Å². The van der Waals surface area contributed by atoms with Crippen LogP contribution in [0.5, 0.6) is 0 Å². The molecule has 0 atom stereocenters. The Morgan fingerprint density at radius 3 is 2.59 bits per heavy atom. The van der Waals surface area contributed by atoms with Gasteiger partial charge in [-0.05, 0) is 30.8 Å². The van der Waals surface area contributed by atoms with E-state index in [1.54, 1.807) is 16.7 Å². The summed E-state index contributed by atoms with van der Waals surface area (Å²) in [4.78, 5) is 22.3. The van der Waals surface area contributed by atoms with E-state index in [0.717, 1.165) is 33.9 Å². The van der Waals surface area contributed by atoms with Crippen LogP contribution in [0.1, 0.15) is 15.9 Å². The van der Waals surface area contributed by atoms with Crippen LogP contribution in [0, 0.1) is 0 Å². The fraction of sp³-hybridized carbons (Fsp3) is 0.263. The van der Waals surface area contributed by atoms with Crippen LogP contribution >= 0.6 is 36.6 Å². The summed E-state index contributed by atoms with van der Waals surface area (Å²) in [5.74, 6) is 0.748. The van der Waals surface area contributed by atoms with Crippen LogP contribution in [0.4, 0.5) is 0 Å². The molecule has 1 aromatic heterocycles. The maximum absolute atomic E-state index is 12.7. The van der Waals surface area contributed by atoms with Gasteiger partial charge < -0.3 is 15.2 Å². The van der Waals surface area contributed by atoms with Crippen LogP contribution in [0.3, 0.4) is 0 Å². The van der Waals surface area contributed by atoms with Crippen LogP contribution in [0.15, 0.2) is 53.7 Å². The van der Waals surface area contributed by atoms with E-state index in [1.807, 2.05) is 62.6 Å². The molecule has 0 spiro atoms. The summed E-state index contributed by atoms with van der Waals surface area (Å²) in [5.41, 5.74) is 3.77. The van der Waals surface area contributed by atoms with Gasteiger partial charge in [-0.15, -0.1) is 24.8 Å². The number of thioether (sulfide) groups is 1. The molecule has 3 rings (SSSR count). The Labute approximate surface area is 176 Å². The lowest BCUT2D eigenvalue weighted by Crippen LogP contribution is -2.33. The topological polar surface area (TPSA) is 61.0 Å². The van der Waals surface area contributed by atoms with Gasteiger partial charge in [0.25, 0.3) is 5.91 Å². The van der Waals surface area contributed by atoms with E-state index in [2.05, 4.69) is 15.3 Å². The molecule has 0 fully saturated rings. The molecule has 0 aliphatic carbocycles. The van der Waals surface area contributed by atoms with E-state index in [4.69, 9.17) is 0 Å². The molecule has 0 unspecified atom stereocenters. The average Bonchev–Trinajstić information content (AvgIpc) is 3.07. The van der Waals surface area contributed by atoms with E-state index >= 15 is 0 Å². The minimum atomic E-state index is 0. The van der Waals surface area contributed by atoms with Crippen molar-refractivity contribution in [3.05, 3.63) is 59.7 Å². The summed E-state index contributed by atoms with van der Waals surface area (Å²) < 4.78 is 0. The molecular formula is C19H24Cl2N4OS. The third-order valence-electron chi connectivity index (χ3n) is 4.02. The summed E-state index contributed by atoms with van der Waals surface area (Å²) in [6.07, 6.45) is 0. The van der Waals surface area contributed by atoms with Gasteiger partial charge in [0, 0.05) is 31.5 Å². The Morgan fingerprint density at radius 1 is 1.15 bits per heavy atom. The first kappa shape index (κ1) is 23.3. The highest BCUT2D eigenvalue weighted by molar-refractivity contribution is 7.98. The van der Waals surface area contributed by atoms with Crippen molar-refractivity contribution in [2.24, 2.45) is 0 Å². The molecular weight excluding hydrogens is 403 g/mol. The average molecular weight is 427 g/mol. The number of nitrogens with one attached hydrogen (secondary N) is 2. The minimum absolute atomic E-state index is 0. The normalized spacial score (nSPS) is 10.1. The van der Waals surface area contributed by atoms with E-state index in [-0.39, 0.29) is 30.7 Å². The number of amides is 1. The van der Waals surface area contributed by atoms with Crippen molar-refractivity contribution >= 4 is 53.5 Å². The molecule has 5 nitrogen and oxygen atoms in total. The number of para-hydroxylation sites is 2. The van der Waals surface area contributed by atoms with Crippen molar-refractivity contribution in [2.45, 2.75) is 10.9 Å². The van der Waals surface area contributed by atoms with Crippen LogP contribution in [-0.2, 0) is 5.75 Å². The number of aromatic nitrogens is 2. The number of carbonyl (C=O) groups excluding carboxylic acids is 1. The molecule has 2 N–H and O–H groups in total. The predicted molar refractivity (Wildman–Crippen MR) is 117 cm³/mol. The maximum atomic E-state index is 12.7. The van der Waals surface area contributed by atoms with Crippen molar-refractivity contribution in [3.8, 4) is 0 Å². The molecule has 0 bridgehead atoms. The first-order valence-corrected chi connectivity index (χ1v) is 9.23. The third-order valence-corrected chi connectivity index (χ3v) is 4.95. The van der Waals surface area contributed by atoms with Crippen LogP contribution in [0.2, 0.25) is 0 Å². The first-order valence-electron chi connectivity index (χ1n) is 8.24. The molecule has 1 amide bonds. The van der Waals surface area contributed by atoms with Crippen molar-refractivity contribution in [1.82, 2.24) is 20.2 Å². The zero-order valence-electron chi connectivity index (χ0n) is 15.3. The molecule has 0 aliphatic rings. The summed E-state index contributed by atoms with van der Waals surface area (Å²) in [5, 5.41) is 3.94. The minimum Gasteiger partial charge on any atom is -0.340 e. The lowest BCUT2D eigenvalue weighted by Gasteiger charge is -2.18. The van der Waals surface area contributed by atoms with E-state index in [9.17, 15) is 4.79 Å². The Kier molecular flexibility index (Phi) is 9.66. The molecule has 1 heterocycles. The van der Waals surface area contributed by atoms with E-state index < -0.39 is 0 Å². The van der Waals surface area contributed by atoms with E-state index in [0.29, 0.717) is 12.3 Å². The number of rotatable bonds is 7. The SMILES string of the molecule is CNCCN(C)C(=O)c1ccccc1CSc1nc2ccccc2[nH]1.Cl.Cl. The Morgan fingerprint density at radius 2 is 1.85 bits per heavy atom. The largest absolute Gasteiger partial charge is 0.340 e. The maximum Gasteiger partial charge on any atom is 0.253 e. The van der Waals surface area contributed by atoms with Crippen molar-refractivity contribution in [2.75, 3.05) is 27.2 Å². The number of hydrogen-bond acceptors (Lipinski definition) is 4. The van der Waals surface area contributed by atoms with Gasteiger partial charge in [0.1, 0.15) is 0 Å². The molecule has 27 heavy (non-hydrogen) atoms. The summed E-state index contributed by atoms with van der Waals surface area (Å²) in [6.45, 7) is 1.46. The number of aromatic amines is 1. The fourth-order valence-electron chi connectivity index (χ4n) is 2.59. The zero-order valence-corrected chi connectivity index (χ0v) is 17.7. The smallest absolute Gasteiger partial charge is 0.253 e. The second kappa shape index (κ2) is 11.2. The Hall–Kier alpha value is -1.73. The number of imidazole rings is 1. The summed E-state index contributed by atoms with van der Waals surface area (Å²) in [6, 6.07) is 15.8. The second-order valence-electron chi connectivity index (χ2n) is 5.84.